The predicted octanol–water partition coefficient (Wildman–Crippen LogP) is 1.30. The molecule has 1 heterocycles. The normalized spacial score (nSPS) is 17.9. The fourth-order valence-corrected chi connectivity index (χ4v) is 2.68. The topological polar surface area (TPSA) is 32.3 Å². The molecule has 0 unspecified atom stereocenters. The monoisotopic (exact) mass is 216 g/mol. The van der Waals surface area contributed by atoms with E-state index in [4.69, 9.17) is 0 Å². The Bertz CT molecular complexity index is 196. The minimum absolute atomic E-state index is 0.241. The molecule has 1 aliphatic rings. The number of rotatable bonds is 5. The molecule has 3 nitrogen and oxygen atoms in total. The van der Waals surface area contributed by atoms with Crippen molar-refractivity contribution in [3.8, 4) is 0 Å². The Morgan fingerprint density at radius 2 is 2.14 bits per heavy atom. The largest absolute Gasteiger partial charge is 0.327 e. The van der Waals surface area contributed by atoms with Crippen LogP contribution in [0.4, 0.5) is 0 Å². The first-order valence-electron chi connectivity index (χ1n) is 5.21. The van der Waals surface area contributed by atoms with Gasteiger partial charge in [0.15, 0.2) is 0 Å². The Kier molecular flexibility index (Phi) is 4.26. The van der Waals surface area contributed by atoms with Crippen molar-refractivity contribution in [1.29, 1.82) is 0 Å². The van der Waals surface area contributed by atoms with E-state index in [0.29, 0.717) is 6.54 Å². The maximum Gasteiger partial charge on any atom is 0.237 e. The Balaban J connectivity index is 2.58. The summed E-state index contributed by atoms with van der Waals surface area (Å²) >= 11 is 1.88. The number of carbonyl (C=O) groups excluding carboxylic acids is 1. The van der Waals surface area contributed by atoms with E-state index < -0.39 is 0 Å². The number of amides is 1. The van der Waals surface area contributed by atoms with Crippen LogP contribution in [0.15, 0.2) is 0 Å². The second kappa shape index (κ2) is 5.03. The van der Waals surface area contributed by atoms with Gasteiger partial charge in [0.05, 0.1) is 13.2 Å². The van der Waals surface area contributed by atoms with Crippen molar-refractivity contribution in [3.05, 3.63) is 0 Å². The highest BCUT2D eigenvalue weighted by Crippen LogP contribution is 2.31. The van der Waals surface area contributed by atoms with Crippen molar-refractivity contribution in [2.75, 3.05) is 26.0 Å². The minimum Gasteiger partial charge on any atom is -0.327 e. The van der Waals surface area contributed by atoms with Crippen molar-refractivity contribution < 1.29 is 4.79 Å². The lowest BCUT2D eigenvalue weighted by Crippen LogP contribution is -2.41. The highest BCUT2D eigenvalue weighted by molar-refractivity contribution is 8.00. The van der Waals surface area contributed by atoms with Gasteiger partial charge in [-0.15, -0.1) is 0 Å². The van der Waals surface area contributed by atoms with Gasteiger partial charge >= 0.3 is 0 Å². The number of nitrogens with zero attached hydrogens (tertiary/aromatic N) is 1. The Labute approximate surface area is 90.6 Å². The van der Waals surface area contributed by atoms with Gasteiger partial charge in [-0.3, -0.25) is 10.1 Å². The standard InChI is InChI=1S/C10H20N2OS/c1-4-10(5-2,14-3)7-12-8-11-6-9(12)13/h11H,4-8H2,1-3H3. The number of carbonyl (C=O) groups is 1. The summed E-state index contributed by atoms with van der Waals surface area (Å²) in [6, 6.07) is 0. The van der Waals surface area contributed by atoms with E-state index in [-0.39, 0.29) is 10.7 Å². The lowest BCUT2D eigenvalue weighted by molar-refractivity contribution is -0.127. The van der Waals surface area contributed by atoms with Gasteiger partial charge in [0.25, 0.3) is 0 Å². The molecule has 0 aromatic carbocycles. The molecule has 1 saturated heterocycles. The number of thioether (sulfide) groups is 1. The Hall–Kier alpha value is -0.220. The highest BCUT2D eigenvalue weighted by Gasteiger charge is 2.31. The number of nitrogens with one attached hydrogen (secondary N) is 1. The molecule has 0 aliphatic carbocycles. The van der Waals surface area contributed by atoms with E-state index in [1.54, 1.807) is 0 Å². The molecule has 1 amide bonds. The zero-order valence-electron chi connectivity index (χ0n) is 9.30. The molecule has 1 aliphatic heterocycles. The first-order chi connectivity index (χ1) is 6.67. The van der Waals surface area contributed by atoms with Crippen LogP contribution in [0.2, 0.25) is 0 Å². The Morgan fingerprint density at radius 1 is 1.50 bits per heavy atom. The maximum absolute atomic E-state index is 11.5. The molecule has 0 aromatic rings. The van der Waals surface area contributed by atoms with Crippen LogP contribution in [0.1, 0.15) is 26.7 Å². The van der Waals surface area contributed by atoms with E-state index in [2.05, 4.69) is 25.4 Å². The molecular formula is C10H20N2OS. The van der Waals surface area contributed by atoms with E-state index in [9.17, 15) is 4.79 Å². The molecule has 0 atom stereocenters. The number of hydrogen-bond donors (Lipinski definition) is 1. The van der Waals surface area contributed by atoms with Gasteiger partial charge in [0.1, 0.15) is 0 Å². The van der Waals surface area contributed by atoms with Crippen LogP contribution in [-0.2, 0) is 4.79 Å². The van der Waals surface area contributed by atoms with E-state index in [1.807, 2.05) is 16.7 Å². The first kappa shape index (κ1) is 11.9. The second-order valence-electron chi connectivity index (χ2n) is 3.77. The summed E-state index contributed by atoms with van der Waals surface area (Å²) in [7, 11) is 0. The molecule has 0 saturated carbocycles. The maximum atomic E-state index is 11.5. The van der Waals surface area contributed by atoms with Crippen LogP contribution in [-0.4, -0.2) is 41.6 Å². The zero-order chi connectivity index (χ0) is 10.6. The molecule has 1 rings (SSSR count). The molecule has 0 bridgehead atoms. The summed E-state index contributed by atoms with van der Waals surface area (Å²) < 4.78 is 0.252. The molecule has 14 heavy (non-hydrogen) atoms. The molecule has 1 N–H and O–H groups in total. The van der Waals surface area contributed by atoms with Crippen molar-refractivity contribution in [2.45, 2.75) is 31.4 Å². The van der Waals surface area contributed by atoms with Crippen molar-refractivity contribution in [3.63, 3.8) is 0 Å². The molecule has 0 spiro atoms. The lowest BCUT2D eigenvalue weighted by Gasteiger charge is -2.33. The van der Waals surface area contributed by atoms with Crippen molar-refractivity contribution in [1.82, 2.24) is 10.2 Å². The lowest BCUT2D eigenvalue weighted by atomic mass is 10.0. The average Bonchev–Trinajstić information content (AvgIpc) is 2.61. The second-order valence-corrected chi connectivity index (χ2v) is 5.05. The third kappa shape index (κ3) is 2.42. The fraction of sp³-hybridized carbons (Fsp3) is 0.900. The van der Waals surface area contributed by atoms with E-state index in [1.165, 1.54) is 0 Å². The highest BCUT2D eigenvalue weighted by atomic mass is 32.2. The van der Waals surface area contributed by atoms with Gasteiger partial charge in [-0.05, 0) is 19.1 Å². The fourth-order valence-electron chi connectivity index (χ4n) is 1.82. The SMILES string of the molecule is CCC(CC)(CN1CNCC1=O)SC. The number of hydrogen-bond acceptors (Lipinski definition) is 3. The van der Waals surface area contributed by atoms with Gasteiger partial charge in [0, 0.05) is 11.3 Å². The van der Waals surface area contributed by atoms with Gasteiger partial charge in [-0.2, -0.15) is 11.8 Å². The molecule has 82 valence electrons. The van der Waals surface area contributed by atoms with E-state index >= 15 is 0 Å². The first-order valence-corrected chi connectivity index (χ1v) is 6.43. The summed E-state index contributed by atoms with van der Waals surface area (Å²) in [6.45, 7) is 6.52. The zero-order valence-corrected chi connectivity index (χ0v) is 10.1. The van der Waals surface area contributed by atoms with Crippen molar-refractivity contribution in [2.24, 2.45) is 0 Å². The summed E-state index contributed by atoms with van der Waals surface area (Å²) in [5.74, 6) is 0.241. The smallest absolute Gasteiger partial charge is 0.237 e. The van der Waals surface area contributed by atoms with Crippen LogP contribution in [0.25, 0.3) is 0 Å². The van der Waals surface area contributed by atoms with Crippen LogP contribution in [0.5, 0.6) is 0 Å². The summed E-state index contributed by atoms with van der Waals surface area (Å²) in [4.78, 5) is 13.4. The van der Waals surface area contributed by atoms with Crippen molar-refractivity contribution >= 4 is 17.7 Å². The predicted molar refractivity (Wildman–Crippen MR) is 61.4 cm³/mol. The van der Waals surface area contributed by atoms with Gasteiger partial charge in [-0.25, -0.2) is 0 Å². The van der Waals surface area contributed by atoms with Crippen LogP contribution < -0.4 is 5.32 Å². The summed E-state index contributed by atoms with van der Waals surface area (Å²) in [5.41, 5.74) is 0. The molecule has 0 aromatic heterocycles. The summed E-state index contributed by atoms with van der Waals surface area (Å²) in [5, 5.41) is 3.08. The van der Waals surface area contributed by atoms with Crippen LogP contribution in [0.3, 0.4) is 0 Å². The molecule has 4 heteroatoms. The van der Waals surface area contributed by atoms with Crippen LogP contribution in [0, 0.1) is 0 Å². The Morgan fingerprint density at radius 3 is 2.50 bits per heavy atom. The quantitative estimate of drug-likeness (QED) is 0.752. The molecular weight excluding hydrogens is 196 g/mol. The summed E-state index contributed by atoms with van der Waals surface area (Å²) in [6.07, 6.45) is 4.38. The van der Waals surface area contributed by atoms with Crippen LogP contribution >= 0.6 is 11.8 Å². The molecule has 1 fully saturated rings. The molecule has 0 radical (unpaired) electrons. The van der Waals surface area contributed by atoms with Gasteiger partial charge in [0.2, 0.25) is 5.91 Å². The minimum atomic E-state index is 0.241. The van der Waals surface area contributed by atoms with E-state index in [0.717, 1.165) is 26.1 Å². The average molecular weight is 216 g/mol. The third-order valence-corrected chi connectivity index (χ3v) is 4.70. The van der Waals surface area contributed by atoms with Gasteiger partial charge < -0.3 is 4.90 Å². The van der Waals surface area contributed by atoms with Gasteiger partial charge in [-0.1, -0.05) is 13.8 Å². The third-order valence-electron chi connectivity index (χ3n) is 3.13.